The van der Waals surface area contributed by atoms with E-state index in [9.17, 15) is 19.8 Å². The minimum Gasteiger partial charge on any atom is -0.504 e. The van der Waals surface area contributed by atoms with Crippen LogP contribution in [-0.4, -0.2) is 55.7 Å². The number of amides is 1. The first-order chi connectivity index (χ1) is 10.7. The van der Waals surface area contributed by atoms with Gasteiger partial charge in [0.1, 0.15) is 0 Å². The number of phenols is 2. The summed E-state index contributed by atoms with van der Waals surface area (Å²) in [6.45, 7) is -0.632. The molecule has 0 radical (unpaired) electrons. The fourth-order valence-electron chi connectivity index (χ4n) is 1.64. The van der Waals surface area contributed by atoms with Crippen molar-refractivity contribution in [3.8, 4) is 11.5 Å². The van der Waals surface area contributed by atoms with Crippen LogP contribution in [0.25, 0.3) is 0 Å². The number of nitrogens with two attached hydrogens (primary N) is 1. The molecule has 0 saturated heterocycles. The Kier molecular flexibility index (Phi) is 7.14. The summed E-state index contributed by atoms with van der Waals surface area (Å²) in [7, 11) is -2.74. The number of hydrogen-bond donors (Lipinski definition) is 7. The minimum atomic E-state index is -2.74. The van der Waals surface area contributed by atoms with E-state index in [2.05, 4.69) is 9.84 Å². The van der Waals surface area contributed by atoms with Gasteiger partial charge < -0.3 is 40.7 Å². The molecule has 8 N–H and O–H groups in total. The van der Waals surface area contributed by atoms with Crippen LogP contribution < -0.4 is 11.1 Å². The molecule has 1 aromatic rings. The lowest BCUT2D eigenvalue weighted by Crippen LogP contribution is -2.50. The molecule has 0 bridgehead atoms. The summed E-state index contributed by atoms with van der Waals surface area (Å²) < 4.78 is 4.37. The average molecular weight is 348 g/mol. The second kappa shape index (κ2) is 8.61. The SMILES string of the molecule is NC(Cc1ccc(O)c(O)c1)C(=O)NC(COP(O)O)C(=O)O. The second-order valence-corrected chi connectivity index (χ2v) is 5.35. The Balaban J connectivity index is 2.63. The largest absolute Gasteiger partial charge is 0.504 e. The minimum absolute atomic E-state index is 0.0143. The molecule has 11 heteroatoms. The smallest absolute Gasteiger partial charge is 0.328 e. The van der Waals surface area contributed by atoms with Crippen LogP contribution in [0.1, 0.15) is 5.56 Å². The van der Waals surface area contributed by atoms with E-state index in [0.29, 0.717) is 5.56 Å². The summed E-state index contributed by atoms with van der Waals surface area (Å²) in [5, 5.41) is 29.6. The van der Waals surface area contributed by atoms with Crippen LogP contribution in [0.2, 0.25) is 0 Å². The lowest BCUT2D eigenvalue weighted by atomic mass is 10.0. The van der Waals surface area contributed by atoms with Gasteiger partial charge in [0, 0.05) is 0 Å². The van der Waals surface area contributed by atoms with Crippen molar-refractivity contribution < 1.29 is 39.2 Å². The molecule has 0 aliphatic heterocycles. The molecular weight excluding hydrogens is 331 g/mol. The third-order valence-electron chi connectivity index (χ3n) is 2.80. The van der Waals surface area contributed by atoms with Crippen LogP contribution in [0.15, 0.2) is 18.2 Å². The third-order valence-corrected chi connectivity index (χ3v) is 3.18. The zero-order valence-corrected chi connectivity index (χ0v) is 12.7. The fraction of sp³-hybridized carbons (Fsp3) is 0.333. The number of carboxylic acid groups (broad SMARTS) is 1. The van der Waals surface area contributed by atoms with Crippen LogP contribution in [0.5, 0.6) is 11.5 Å². The van der Waals surface area contributed by atoms with Gasteiger partial charge in [-0.2, -0.15) is 0 Å². The van der Waals surface area contributed by atoms with Crippen molar-refractivity contribution in [1.29, 1.82) is 0 Å². The zero-order chi connectivity index (χ0) is 17.6. The number of aliphatic carboxylic acids is 1. The standard InChI is InChI=1S/C12H17N2O8P/c13-7(3-6-1-2-9(15)10(16)4-6)11(17)14-8(12(18)19)5-22-23(20)21/h1-2,4,7-8,15-16,20-21H,3,5,13H2,(H,14,17)(H,18,19). The number of hydrogen-bond acceptors (Lipinski definition) is 8. The van der Waals surface area contributed by atoms with Crippen molar-refractivity contribution >= 4 is 20.5 Å². The third kappa shape index (κ3) is 6.35. The Labute approximate surface area is 132 Å². The number of nitrogens with one attached hydrogen (secondary N) is 1. The summed E-state index contributed by atoms with van der Waals surface area (Å²) in [5.41, 5.74) is 6.12. The van der Waals surface area contributed by atoms with E-state index in [1.165, 1.54) is 18.2 Å². The van der Waals surface area contributed by atoms with E-state index in [4.69, 9.17) is 20.6 Å². The molecule has 128 valence electrons. The first kappa shape index (κ1) is 19.1. The summed E-state index contributed by atoms with van der Waals surface area (Å²) in [6.07, 6.45) is -0.0143. The van der Waals surface area contributed by atoms with E-state index < -0.39 is 39.2 Å². The Bertz CT molecular complexity index is 568. The number of phenolic OH excluding ortho intramolecular Hbond substituents is 2. The molecular formula is C12H17N2O8P. The molecule has 2 unspecified atom stereocenters. The Morgan fingerprint density at radius 3 is 2.43 bits per heavy atom. The maximum absolute atomic E-state index is 11.9. The molecule has 0 saturated carbocycles. The van der Waals surface area contributed by atoms with Gasteiger partial charge >= 0.3 is 14.6 Å². The molecule has 0 heterocycles. The highest BCUT2D eigenvalue weighted by molar-refractivity contribution is 7.39. The van der Waals surface area contributed by atoms with Crippen molar-refractivity contribution in [2.75, 3.05) is 6.61 Å². The monoisotopic (exact) mass is 348 g/mol. The number of carbonyl (C=O) groups is 2. The highest BCUT2D eigenvalue weighted by Crippen LogP contribution is 2.25. The molecule has 10 nitrogen and oxygen atoms in total. The molecule has 0 spiro atoms. The predicted octanol–water partition coefficient (Wildman–Crippen LogP) is -1.23. The molecule has 0 aromatic heterocycles. The second-order valence-electron chi connectivity index (χ2n) is 4.58. The van der Waals surface area contributed by atoms with Crippen LogP contribution in [-0.2, 0) is 20.5 Å². The van der Waals surface area contributed by atoms with Crippen molar-refractivity contribution in [1.82, 2.24) is 5.32 Å². The Hall–Kier alpha value is -1.97. The van der Waals surface area contributed by atoms with Gasteiger partial charge in [0.05, 0.1) is 12.6 Å². The maximum Gasteiger partial charge on any atom is 0.328 e. The topological polar surface area (TPSA) is 183 Å². The van der Waals surface area contributed by atoms with Crippen LogP contribution in [0, 0.1) is 0 Å². The van der Waals surface area contributed by atoms with E-state index in [-0.39, 0.29) is 17.9 Å². The summed E-state index contributed by atoms with van der Waals surface area (Å²) >= 11 is 0. The number of benzene rings is 1. The van der Waals surface area contributed by atoms with Gasteiger partial charge in [-0.15, -0.1) is 0 Å². The molecule has 0 fully saturated rings. The van der Waals surface area contributed by atoms with Crippen molar-refractivity contribution in [3.63, 3.8) is 0 Å². The number of carboxylic acids is 1. The first-order valence-electron chi connectivity index (χ1n) is 6.31. The van der Waals surface area contributed by atoms with Crippen molar-refractivity contribution in [2.45, 2.75) is 18.5 Å². The molecule has 0 aliphatic rings. The first-order valence-corrected chi connectivity index (χ1v) is 7.47. The molecule has 23 heavy (non-hydrogen) atoms. The lowest BCUT2D eigenvalue weighted by Gasteiger charge is -2.18. The quantitative estimate of drug-likeness (QED) is 0.223. The average Bonchev–Trinajstić information content (AvgIpc) is 2.46. The fourth-order valence-corrected chi connectivity index (χ4v) is 1.92. The lowest BCUT2D eigenvalue weighted by molar-refractivity contribution is -0.142. The van der Waals surface area contributed by atoms with Crippen LogP contribution in [0.4, 0.5) is 0 Å². The van der Waals surface area contributed by atoms with Gasteiger partial charge in [0.2, 0.25) is 5.91 Å². The molecule has 0 aliphatic carbocycles. The molecule has 2 atom stereocenters. The van der Waals surface area contributed by atoms with E-state index >= 15 is 0 Å². The van der Waals surface area contributed by atoms with Gasteiger partial charge in [-0.05, 0) is 24.1 Å². The van der Waals surface area contributed by atoms with Gasteiger partial charge in [0.25, 0.3) is 0 Å². The van der Waals surface area contributed by atoms with Gasteiger partial charge in [0.15, 0.2) is 17.5 Å². The zero-order valence-electron chi connectivity index (χ0n) is 11.8. The number of carbonyl (C=O) groups excluding carboxylic acids is 1. The van der Waals surface area contributed by atoms with Crippen LogP contribution >= 0.6 is 8.60 Å². The normalized spacial score (nSPS) is 13.6. The summed E-state index contributed by atoms with van der Waals surface area (Å²) in [4.78, 5) is 40.0. The van der Waals surface area contributed by atoms with Crippen molar-refractivity contribution in [3.05, 3.63) is 23.8 Å². The number of aromatic hydroxyl groups is 2. The van der Waals surface area contributed by atoms with Crippen LogP contribution in [0.3, 0.4) is 0 Å². The van der Waals surface area contributed by atoms with Crippen molar-refractivity contribution in [2.24, 2.45) is 5.73 Å². The highest BCUT2D eigenvalue weighted by atomic mass is 31.2. The Morgan fingerprint density at radius 1 is 1.26 bits per heavy atom. The summed E-state index contributed by atoms with van der Waals surface area (Å²) in [5.74, 6) is -2.91. The summed E-state index contributed by atoms with van der Waals surface area (Å²) in [6, 6.07) is 1.29. The molecule has 1 aromatic carbocycles. The molecule has 1 amide bonds. The van der Waals surface area contributed by atoms with E-state index in [0.717, 1.165) is 0 Å². The van der Waals surface area contributed by atoms with Gasteiger partial charge in [-0.25, -0.2) is 4.79 Å². The van der Waals surface area contributed by atoms with Gasteiger partial charge in [-0.1, -0.05) is 6.07 Å². The Morgan fingerprint density at radius 2 is 1.91 bits per heavy atom. The maximum atomic E-state index is 11.9. The molecule has 1 rings (SSSR count). The van der Waals surface area contributed by atoms with E-state index in [1.807, 2.05) is 0 Å². The van der Waals surface area contributed by atoms with Gasteiger partial charge in [-0.3, -0.25) is 4.79 Å². The highest BCUT2D eigenvalue weighted by Gasteiger charge is 2.24. The van der Waals surface area contributed by atoms with E-state index in [1.54, 1.807) is 0 Å². The number of rotatable bonds is 8. The predicted molar refractivity (Wildman–Crippen MR) is 78.3 cm³/mol.